The molecule has 17 heteroatoms. The minimum Gasteiger partial charge on any atom is -0.351 e. The van der Waals surface area contributed by atoms with E-state index >= 15 is 4.39 Å². The van der Waals surface area contributed by atoms with Crippen molar-refractivity contribution in [3.63, 3.8) is 0 Å². The maximum Gasteiger partial charge on any atom is 0.267 e. The standard InChI is InChI=1S/C32H38F3N7O4S3/c1-32(2,3)30-39-27(28(47-30)25-10-13-36-31(38-25)37-20-11-14-42(15-12-20)48(6,43)44)21-8-7-9-24(26(21)35)40-49(45,46)29-22(33)16-19(17-23(29)34)18-41(4)5/h7-10,13,16-17,20,40H,11-12,14-15,18H2,1-6H3,(H,36,37,38). The molecule has 4 aromatic rings. The van der Waals surface area contributed by atoms with Gasteiger partial charge in [0.1, 0.15) is 11.6 Å². The Balaban J connectivity index is 1.48. The van der Waals surface area contributed by atoms with Crippen LogP contribution in [0.1, 0.15) is 44.2 Å². The molecular formula is C32H38F3N7O4S3. The highest BCUT2D eigenvalue weighted by Crippen LogP contribution is 2.42. The predicted molar refractivity (Wildman–Crippen MR) is 185 cm³/mol. The van der Waals surface area contributed by atoms with Gasteiger partial charge in [-0.15, -0.1) is 11.3 Å². The Morgan fingerprint density at radius 2 is 1.65 bits per heavy atom. The van der Waals surface area contributed by atoms with E-state index in [1.165, 1.54) is 34.0 Å². The number of aromatic nitrogens is 3. The largest absolute Gasteiger partial charge is 0.351 e. The van der Waals surface area contributed by atoms with Crippen molar-refractivity contribution in [2.75, 3.05) is 43.5 Å². The molecule has 264 valence electrons. The number of benzene rings is 2. The zero-order valence-electron chi connectivity index (χ0n) is 27.9. The van der Waals surface area contributed by atoms with Gasteiger partial charge >= 0.3 is 0 Å². The molecule has 1 aliphatic rings. The van der Waals surface area contributed by atoms with Crippen LogP contribution >= 0.6 is 11.3 Å². The molecule has 11 nitrogen and oxygen atoms in total. The summed E-state index contributed by atoms with van der Waals surface area (Å²) in [6.07, 6.45) is 3.85. The van der Waals surface area contributed by atoms with Gasteiger partial charge in [0.05, 0.1) is 33.2 Å². The molecule has 2 N–H and O–H groups in total. The first-order chi connectivity index (χ1) is 22.8. The molecule has 2 aromatic heterocycles. The molecule has 3 heterocycles. The fourth-order valence-corrected chi connectivity index (χ4v) is 8.54. The van der Waals surface area contributed by atoms with Crippen molar-refractivity contribution in [1.82, 2.24) is 24.2 Å². The smallest absolute Gasteiger partial charge is 0.267 e. The maximum absolute atomic E-state index is 16.3. The lowest BCUT2D eigenvalue weighted by Crippen LogP contribution is -2.42. The number of halogens is 3. The molecule has 2 aromatic carbocycles. The van der Waals surface area contributed by atoms with Crippen LogP contribution in [0.2, 0.25) is 0 Å². The Morgan fingerprint density at radius 3 is 2.24 bits per heavy atom. The normalized spacial score (nSPS) is 15.1. The molecule has 5 rings (SSSR count). The fourth-order valence-electron chi connectivity index (χ4n) is 5.38. The number of sulfonamides is 2. The first-order valence-corrected chi connectivity index (χ1v) is 19.5. The van der Waals surface area contributed by atoms with Gasteiger partial charge in [0, 0.05) is 42.9 Å². The van der Waals surface area contributed by atoms with Gasteiger partial charge in [-0.3, -0.25) is 4.72 Å². The summed E-state index contributed by atoms with van der Waals surface area (Å²) in [4.78, 5) is 14.7. The molecule has 0 unspecified atom stereocenters. The second-order valence-electron chi connectivity index (χ2n) is 13.2. The molecule has 1 fully saturated rings. The number of nitrogens with zero attached hydrogens (tertiary/aromatic N) is 5. The van der Waals surface area contributed by atoms with Crippen LogP contribution in [0.4, 0.5) is 24.8 Å². The monoisotopic (exact) mass is 737 g/mol. The average Bonchev–Trinajstić information content (AvgIpc) is 3.43. The summed E-state index contributed by atoms with van der Waals surface area (Å²) >= 11 is 1.30. The Kier molecular flexibility index (Phi) is 10.4. The molecule has 0 saturated carbocycles. The van der Waals surface area contributed by atoms with Gasteiger partial charge in [-0.25, -0.2) is 49.3 Å². The van der Waals surface area contributed by atoms with E-state index < -0.39 is 53.5 Å². The highest BCUT2D eigenvalue weighted by Gasteiger charge is 2.30. The van der Waals surface area contributed by atoms with Crippen LogP contribution in [-0.4, -0.2) is 80.5 Å². The molecule has 0 amide bonds. The SMILES string of the molecule is CN(C)Cc1cc(F)c(S(=O)(=O)Nc2cccc(-c3nc(C(C)(C)C)sc3-c3ccnc(NC4CCN(S(C)(=O)=O)CC4)n3)c2F)c(F)c1. The van der Waals surface area contributed by atoms with Crippen LogP contribution in [0.15, 0.2) is 47.5 Å². The lowest BCUT2D eigenvalue weighted by atomic mass is 9.98. The highest BCUT2D eigenvalue weighted by atomic mass is 32.2. The minimum atomic E-state index is -4.89. The minimum absolute atomic E-state index is 0.0505. The summed E-state index contributed by atoms with van der Waals surface area (Å²) in [5.74, 6) is -3.29. The van der Waals surface area contributed by atoms with Gasteiger partial charge in [0.25, 0.3) is 10.0 Å². The predicted octanol–water partition coefficient (Wildman–Crippen LogP) is 5.68. The third-order valence-electron chi connectivity index (χ3n) is 7.74. The molecular weight excluding hydrogens is 700 g/mol. The third-order valence-corrected chi connectivity index (χ3v) is 12.0. The van der Waals surface area contributed by atoms with Crippen LogP contribution in [0.3, 0.4) is 0 Å². The molecule has 0 atom stereocenters. The van der Waals surface area contributed by atoms with Gasteiger partial charge < -0.3 is 10.2 Å². The topological polar surface area (TPSA) is 137 Å². The summed E-state index contributed by atoms with van der Waals surface area (Å²) < 4.78 is 100.0. The Bertz CT molecular complexity index is 2050. The van der Waals surface area contributed by atoms with Gasteiger partial charge in [0.15, 0.2) is 10.7 Å². The molecule has 0 bridgehead atoms. The van der Waals surface area contributed by atoms with Crippen LogP contribution in [0, 0.1) is 17.5 Å². The van der Waals surface area contributed by atoms with Crippen molar-refractivity contribution in [3.8, 4) is 21.8 Å². The molecule has 0 aliphatic carbocycles. The van der Waals surface area contributed by atoms with E-state index in [4.69, 9.17) is 4.98 Å². The number of hydrogen-bond donors (Lipinski definition) is 2. The molecule has 1 saturated heterocycles. The second kappa shape index (κ2) is 13.9. The Labute approximate surface area is 288 Å². The van der Waals surface area contributed by atoms with Crippen LogP contribution < -0.4 is 10.0 Å². The fraction of sp³-hybridized carbons (Fsp3) is 0.406. The van der Waals surface area contributed by atoms with Crippen molar-refractivity contribution in [2.45, 2.75) is 56.5 Å². The summed E-state index contributed by atoms with van der Waals surface area (Å²) in [6, 6.07) is 7.46. The number of piperidine rings is 1. The number of thiazole rings is 1. The number of rotatable bonds is 10. The first-order valence-electron chi connectivity index (χ1n) is 15.3. The van der Waals surface area contributed by atoms with Crippen LogP contribution in [0.25, 0.3) is 21.8 Å². The molecule has 0 radical (unpaired) electrons. The van der Waals surface area contributed by atoms with Gasteiger partial charge in [-0.2, -0.15) is 0 Å². The second-order valence-corrected chi connectivity index (χ2v) is 17.8. The van der Waals surface area contributed by atoms with Gasteiger partial charge in [-0.1, -0.05) is 26.8 Å². The zero-order valence-corrected chi connectivity index (χ0v) is 30.3. The summed E-state index contributed by atoms with van der Waals surface area (Å²) in [7, 11) is -4.77. The van der Waals surface area contributed by atoms with Crippen molar-refractivity contribution in [3.05, 3.63) is 70.6 Å². The lowest BCUT2D eigenvalue weighted by Gasteiger charge is -2.30. The highest BCUT2D eigenvalue weighted by molar-refractivity contribution is 7.92. The number of hydrogen-bond acceptors (Lipinski definition) is 10. The number of nitrogens with one attached hydrogen (secondary N) is 2. The van der Waals surface area contributed by atoms with Crippen molar-refractivity contribution >= 4 is 43.0 Å². The summed E-state index contributed by atoms with van der Waals surface area (Å²) in [5.41, 5.74) is -0.145. The Morgan fingerprint density at radius 1 is 1.00 bits per heavy atom. The van der Waals surface area contributed by atoms with Crippen molar-refractivity contribution in [2.24, 2.45) is 0 Å². The summed E-state index contributed by atoms with van der Waals surface area (Å²) in [6.45, 7) is 6.75. The maximum atomic E-state index is 16.3. The van der Waals surface area contributed by atoms with Gasteiger partial charge in [0.2, 0.25) is 16.0 Å². The zero-order chi connectivity index (χ0) is 35.9. The Hall–Kier alpha value is -3.64. The molecule has 1 aliphatic heterocycles. The molecule has 0 spiro atoms. The van der Waals surface area contributed by atoms with Crippen molar-refractivity contribution in [1.29, 1.82) is 0 Å². The van der Waals surface area contributed by atoms with E-state index in [1.807, 2.05) is 25.5 Å². The number of anilines is 2. The van der Waals surface area contributed by atoms with Crippen LogP contribution in [0.5, 0.6) is 0 Å². The van der Waals surface area contributed by atoms with E-state index in [0.717, 1.165) is 18.2 Å². The lowest BCUT2D eigenvalue weighted by molar-refractivity contribution is 0.331. The average molecular weight is 738 g/mol. The van der Waals surface area contributed by atoms with Crippen molar-refractivity contribution < 1.29 is 30.0 Å². The summed E-state index contributed by atoms with van der Waals surface area (Å²) in [5, 5.41) is 3.93. The third kappa shape index (κ3) is 8.40. The van der Waals surface area contributed by atoms with Crippen LogP contribution in [-0.2, 0) is 32.0 Å². The van der Waals surface area contributed by atoms with E-state index in [0.29, 0.717) is 47.5 Å². The van der Waals surface area contributed by atoms with E-state index in [9.17, 15) is 25.6 Å². The van der Waals surface area contributed by atoms with E-state index in [-0.39, 0.29) is 29.4 Å². The van der Waals surface area contributed by atoms with E-state index in [2.05, 4.69) is 15.3 Å². The van der Waals surface area contributed by atoms with E-state index in [1.54, 1.807) is 31.3 Å². The molecule has 49 heavy (non-hydrogen) atoms. The first kappa shape index (κ1) is 36.6. The quantitative estimate of drug-likeness (QED) is 0.211. The van der Waals surface area contributed by atoms with Gasteiger partial charge in [-0.05, 0) is 62.8 Å².